The molecule has 0 spiro atoms. The fraction of sp³-hybridized carbons (Fsp3) is 0.882. The fourth-order valence-electron chi connectivity index (χ4n) is 4.41. The smallest absolute Gasteiger partial charge is 0.228 e. The van der Waals surface area contributed by atoms with Crippen LogP contribution in [0.5, 0.6) is 0 Å². The van der Waals surface area contributed by atoms with Gasteiger partial charge in [-0.05, 0) is 44.4 Å². The molecule has 2 amide bonds. The molecule has 1 aliphatic carbocycles. The Morgan fingerprint density at radius 3 is 2.64 bits per heavy atom. The summed E-state index contributed by atoms with van der Waals surface area (Å²) in [4.78, 5) is 29.0. The minimum atomic E-state index is -0.140. The molecule has 124 valence electrons. The predicted molar refractivity (Wildman–Crippen MR) is 85.0 cm³/mol. The molecule has 2 aliphatic heterocycles. The summed E-state index contributed by atoms with van der Waals surface area (Å²) in [5, 5.41) is 0. The Hall–Kier alpha value is -1.10. The molecule has 2 N–H and O–H groups in total. The van der Waals surface area contributed by atoms with Gasteiger partial charge in [-0.1, -0.05) is 6.92 Å². The highest BCUT2D eigenvalue weighted by Gasteiger charge is 2.41. The summed E-state index contributed by atoms with van der Waals surface area (Å²) in [5.74, 6) is 0.981. The van der Waals surface area contributed by atoms with Crippen molar-refractivity contribution in [2.24, 2.45) is 17.6 Å². The molecule has 0 radical (unpaired) electrons. The van der Waals surface area contributed by atoms with E-state index >= 15 is 0 Å². The van der Waals surface area contributed by atoms with Crippen molar-refractivity contribution in [2.45, 2.75) is 64.0 Å². The summed E-state index contributed by atoms with van der Waals surface area (Å²) in [6, 6.07) is 0.553. The second-order valence-electron chi connectivity index (χ2n) is 7.42. The van der Waals surface area contributed by atoms with E-state index in [4.69, 9.17) is 5.73 Å². The molecule has 0 aromatic carbocycles. The quantitative estimate of drug-likeness (QED) is 0.856. The van der Waals surface area contributed by atoms with Gasteiger partial charge in [0.25, 0.3) is 0 Å². The van der Waals surface area contributed by atoms with E-state index < -0.39 is 0 Å². The summed E-state index contributed by atoms with van der Waals surface area (Å²) in [5.41, 5.74) is 5.77. The SMILES string of the molecule is CC1CCC(N2CC(C(=O)N3CCCC3CN)CC2=O)CC1. The van der Waals surface area contributed by atoms with Crippen molar-refractivity contribution in [2.75, 3.05) is 19.6 Å². The fourth-order valence-corrected chi connectivity index (χ4v) is 4.41. The Bertz CT molecular complexity index is 432. The van der Waals surface area contributed by atoms with Crippen molar-refractivity contribution in [3.63, 3.8) is 0 Å². The van der Waals surface area contributed by atoms with Gasteiger partial charge >= 0.3 is 0 Å². The molecule has 5 heteroatoms. The van der Waals surface area contributed by atoms with E-state index in [2.05, 4.69) is 6.92 Å². The van der Waals surface area contributed by atoms with Crippen LogP contribution in [0.1, 0.15) is 51.9 Å². The number of carbonyl (C=O) groups excluding carboxylic acids is 2. The average molecular weight is 307 g/mol. The van der Waals surface area contributed by atoms with Crippen LogP contribution in [-0.2, 0) is 9.59 Å². The minimum Gasteiger partial charge on any atom is -0.339 e. The molecular formula is C17H29N3O2. The van der Waals surface area contributed by atoms with Gasteiger partial charge < -0.3 is 15.5 Å². The van der Waals surface area contributed by atoms with Gasteiger partial charge in [-0.25, -0.2) is 0 Å². The topological polar surface area (TPSA) is 66.6 Å². The predicted octanol–water partition coefficient (Wildman–Crippen LogP) is 1.36. The standard InChI is InChI=1S/C17H29N3O2/c1-12-4-6-14(7-5-12)20-11-13(9-16(20)21)17(22)19-8-2-3-15(19)10-18/h12-15H,2-11,18H2,1H3. The number of hydrogen-bond donors (Lipinski definition) is 1. The average Bonchev–Trinajstić information content (AvgIpc) is 3.14. The van der Waals surface area contributed by atoms with E-state index in [1.165, 1.54) is 12.8 Å². The van der Waals surface area contributed by atoms with Crippen molar-refractivity contribution in [1.29, 1.82) is 0 Å². The van der Waals surface area contributed by atoms with Crippen LogP contribution in [0.3, 0.4) is 0 Å². The minimum absolute atomic E-state index is 0.140. The van der Waals surface area contributed by atoms with Gasteiger partial charge in [0, 0.05) is 38.1 Å². The van der Waals surface area contributed by atoms with Gasteiger partial charge in [0.1, 0.15) is 0 Å². The first-order valence-electron chi connectivity index (χ1n) is 8.90. The maximum Gasteiger partial charge on any atom is 0.228 e. The zero-order valence-corrected chi connectivity index (χ0v) is 13.7. The highest BCUT2D eigenvalue weighted by Crippen LogP contribution is 2.32. The van der Waals surface area contributed by atoms with Crippen molar-refractivity contribution in [1.82, 2.24) is 9.80 Å². The van der Waals surface area contributed by atoms with Crippen LogP contribution >= 0.6 is 0 Å². The number of hydrogen-bond acceptors (Lipinski definition) is 3. The van der Waals surface area contributed by atoms with Crippen molar-refractivity contribution < 1.29 is 9.59 Å². The molecule has 5 nitrogen and oxygen atoms in total. The molecule has 2 unspecified atom stereocenters. The second-order valence-corrected chi connectivity index (χ2v) is 7.42. The monoisotopic (exact) mass is 307 g/mol. The third-order valence-electron chi connectivity index (χ3n) is 5.87. The van der Waals surface area contributed by atoms with E-state index in [1.807, 2.05) is 9.80 Å². The van der Waals surface area contributed by atoms with Crippen LogP contribution in [-0.4, -0.2) is 53.3 Å². The van der Waals surface area contributed by atoms with Gasteiger partial charge in [0.15, 0.2) is 0 Å². The summed E-state index contributed by atoms with van der Waals surface area (Å²) in [7, 11) is 0. The maximum absolute atomic E-state index is 12.7. The number of carbonyl (C=O) groups is 2. The first-order chi connectivity index (χ1) is 10.6. The molecule has 0 bridgehead atoms. The lowest BCUT2D eigenvalue weighted by atomic mass is 9.86. The lowest BCUT2D eigenvalue weighted by Gasteiger charge is -2.34. The summed E-state index contributed by atoms with van der Waals surface area (Å²) in [6.07, 6.45) is 7.05. The third-order valence-corrected chi connectivity index (χ3v) is 5.87. The first kappa shape index (κ1) is 15.8. The molecule has 2 atom stereocenters. The molecular weight excluding hydrogens is 278 g/mol. The molecule has 3 aliphatic rings. The Morgan fingerprint density at radius 1 is 1.23 bits per heavy atom. The van der Waals surface area contributed by atoms with E-state index in [-0.39, 0.29) is 23.8 Å². The number of likely N-dealkylation sites (tertiary alicyclic amines) is 2. The number of amides is 2. The van der Waals surface area contributed by atoms with Gasteiger partial charge in [-0.2, -0.15) is 0 Å². The van der Waals surface area contributed by atoms with E-state index in [0.29, 0.717) is 25.6 Å². The Kier molecular flexibility index (Phi) is 4.71. The van der Waals surface area contributed by atoms with Crippen LogP contribution in [0.4, 0.5) is 0 Å². The largest absolute Gasteiger partial charge is 0.339 e. The van der Waals surface area contributed by atoms with Crippen LogP contribution in [0, 0.1) is 11.8 Å². The van der Waals surface area contributed by atoms with Gasteiger partial charge in [0.2, 0.25) is 11.8 Å². The summed E-state index contributed by atoms with van der Waals surface area (Å²) in [6.45, 7) is 4.27. The molecule has 0 aromatic heterocycles. The van der Waals surface area contributed by atoms with Crippen molar-refractivity contribution in [3.8, 4) is 0 Å². The molecule has 22 heavy (non-hydrogen) atoms. The normalized spacial score (nSPS) is 36.2. The number of nitrogens with zero attached hydrogens (tertiary/aromatic N) is 2. The van der Waals surface area contributed by atoms with Gasteiger partial charge in [-0.15, -0.1) is 0 Å². The number of nitrogens with two attached hydrogens (primary N) is 1. The lowest BCUT2D eigenvalue weighted by Crippen LogP contribution is -2.44. The highest BCUT2D eigenvalue weighted by atomic mass is 16.2. The molecule has 0 aromatic rings. The Balaban J connectivity index is 1.60. The summed E-state index contributed by atoms with van der Waals surface area (Å²) >= 11 is 0. The van der Waals surface area contributed by atoms with Gasteiger partial charge in [-0.3, -0.25) is 9.59 Å². The molecule has 3 rings (SSSR count). The molecule has 2 saturated heterocycles. The number of rotatable bonds is 3. The van der Waals surface area contributed by atoms with Crippen LogP contribution < -0.4 is 5.73 Å². The van der Waals surface area contributed by atoms with E-state index in [1.54, 1.807) is 0 Å². The Labute approximate surface area is 133 Å². The van der Waals surface area contributed by atoms with Crippen molar-refractivity contribution in [3.05, 3.63) is 0 Å². The van der Waals surface area contributed by atoms with Gasteiger partial charge in [0.05, 0.1) is 5.92 Å². The lowest BCUT2D eigenvalue weighted by molar-refractivity contribution is -0.136. The second kappa shape index (κ2) is 6.57. The first-order valence-corrected chi connectivity index (χ1v) is 8.90. The Morgan fingerprint density at radius 2 is 1.95 bits per heavy atom. The zero-order chi connectivity index (χ0) is 15.7. The third kappa shape index (κ3) is 3.00. The molecule has 3 fully saturated rings. The van der Waals surface area contributed by atoms with Crippen LogP contribution in [0.2, 0.25) is 0 Å². The van der Waals surface area contributed by atoms with Crippen LogP contribution in [0.15, 0.2) is 0 Å². The molecule has 1 saturated carbocycles. The van der Waals surface area contributed by atoms with Crippen molar-refractivity contribution >= 4 is 11.8 Å². The summed E-state index contributed by atoms with van der Waals surface area (Å²) < 4.78 is 0. The van der Waals surface area contributed by atoms with Crippen LogP contribution in [0.25, 0.3) is 0 Å². The van der Waals surface area contributed by atoms with E-state index in [9.17, 15) is 9.59 Å². The highest BCUT2D eigenvalue weighted by molar-refractivity contribution is 5.89. The maximum atomic E-state index is 12.7. The zero-order valence-electron chi connectivity index (χ0n) is 13.7. The van der Waals surface area contributed by atoms with E-state index in [0.717, 1.165) is 38.1 Å². The molecule has 2 heterocycles.